The van der Waals surface area contributed by atoms with Crippen LogP contribution in [-0.2, 0) is 45.4 Å². The standard InChI is InChI=1S/C30H32N2O3.C29H30N2O3/c1-3-4-14-28-22(2)31(20-19-23-10-6-5-7-11-23)30(35)32(28)21-24-15-17-25(18-16-24)26-12-8-9-13-27(26)29(33)34;1-3-4-14-27-21(2)30(19-22-10-6-5-7-11-22)29(34)31(27)20-23-15-17-24(18-16-23)25-12-8-9-13-26(25)28(32)33/h5-13,15-18H,3-4,14,19-21H2,1-2H3,(H,33,34);5-13,15-18H,3-4,14,19-20H2,1-2H3,(H,32,33). The van der Waals surface area contributed by atoms with Gasteiger partial charge >= 0.3 is 23.3 Å². The number of carboxylic acid groups (broad SMARTS) is 2. The Morgan fingerprint density at radius 2 is 0.783 bits per heavy atom. The van der Waals surface area contributed by atoms with E-state index >= 15 is 0 Å². The van der Waals surface area contributed by atoms with Crippen LogP contribution in [0.3, 0.4) is 0 Å². The van der Waals surface area contributed by atoms with Gasteiger partial charge in [0.1, 0.15) is 0 Å². The highest BCUT2D eigenvalue weighted by atomic mass is 16.4. The summed E-state index contributed by atoms with van der Waals surface area (Å²) in [6.45, 7) is 10.6. The number of carboxylic acids is 2. The molecule has 0 unspecified atom stereocenters. The van der Waals surface area contributed by atoms with Crippen molar-refractivity contribution in [3.05, 3.63) is 235 Å². The highest BCUT2D eigenvalue weighted by Crippen LogP contribution is 2.27. The van der Waals surface area contributed by atoms with Crippen LogP contribution in [0.5, 0.6) is 0 Å². The minimum absolute atomic E-state index is 0.00718. The molecule has 0 radical (unpaired) electrons. The predicted molar refractivity (Wildman–Crippen MR) is 276 cm³/mol. The van der Waals surface area contributed by atoms with Crippen molar-refractivity contribution in [2.45, 2.75) is 98.8 Å². The number of aromatic nitrogens is 4. The van der Waals surface area contributed by atoms with Crippen molar-refractivity contribution >= 4 is 11.9 Å². The van der Waals surface area contributed by atoms with Crippen LogP contribution in [0.2, 0.25) is 0 Å². The Kier molecular flexibility index (Phi) is 16.6. The van der Waals surface area contributed by atoms with E-state index in [-0.39, 0.29) is 22.5 Å². The predicted octanol–water partition coefficient (Wildman–Crippen LogP) is 11.7. The van der Waals surface area contributed by atoms with Crippen molar-refractivity contribution in [2.75, 3.05) is 0 Å². The van der Waals surface area contributed by atoms with Crippen molar-refractivity contribution in [3.8, 4) is 22.3 Å². The first kappa shape index (κ1) is 49.2. The average molecular weight is 923 g/mol. The lowest BCUT2D eigenvalue weighted by Crippen LogP contribution is -2.26. The molecule has 0 amide bonds. The molecule has 0 aliphatic heterocycles. The minimum Gasteiger partial charge on any atom is -0.478 e. The maximum Gasteiger partial charge on any atom is 0.336 e. The van der Waals surface area contributed by atoms with Gasteiger partial charge in [-0.15, -0.1) is 0 Å². The van der Waals surface area contributed by atoms with Crippen molar-refractivity contribution in [2.24, 2.45) is 0 Å². The van der Waals surface area contributed by atoms with Crippen LogP contribution in [0.4, 0.5) is 0 Å². The molecular weight excluding hydrogens is 861 g/mol. The van der Waals surface area contributed by atoms with Crippen LogP contribution in [-0.4, -0.2) is 40.4 Å². The van der Waals surface area contributed by atoms with Gasteiger partial charge in [-0.2, -0.15) is 0 Å². The summed E-state index contributed by atoms with van der Waals surface area (Å²) >= 11 is 0. The number of aromatic carboxylic acids is 2. The summed E-state index contributed by atoms with van der Waals surface area (Å²) in [5.41, 5.74) is 12.3. The number of imidazole rings is 2. The molecule has 0 fully saturated rings. The Morgan fingerprint density at radius 3 is 1.22 bits per heavy atom. The molecule has 10 heteroatoms. The van der Waals surface area contributed by atoms with E-state index in [1.54, 1.807) is 24.3 Å². The summed E-state index contributed by atoms with van der Waals surface area (Å²) in [5.74, 6) is -1.88. The van der Waals surface area contributed by atoms with Gasteiger partial charge in [0.15, 0.2) is 0 Å². The fourth-order valence-corrected chi connectivity index (χ4v) is 9.05. The van der Waals surface area contributed by atoms with Crippen LogP contribution in [0.15, 0.2) is 167 Å². The van der Waals surface area contributed by atoms with E-state index in [4.69, 9.17) is 0 Å². The summed E-state index contributed by atoms with van der Waals surface area (Å²) < 4.78 is 7.59. The zero-order valence-corrected chi connectivity index (χ0v) is 40.1. The minimum atomic E-state index is -0.943. The van der Waals surface area contributed by atoms with Crippen molar-refractivity contribution in [1.29, 1.82) is 0 Å². The maximum absolute atomic E-state index is 13.5. The second-order valence-corrected chi connectivity index (χ2v) is 17.6. The average Bonchev–Trinajstić information content (AvgIpc) is 3.73. The maximum atomic E-state index is 13.5. The van der Waals surface area contributed by atoms with Crippen LogP contribution in [0, 0.1) is 13.8 Å². The van der Waals surface area contributed by atoms with Gasteiger partial charge in [0.2, 0.25) is 0 Å². The van der Waals surface area contributed by atoms with Crippen molar-refractivity contribution in [1.82, 2.24) is 18.3 Å². The highest BCUT2D eigenvalue weighted by molar-refractivity contribution is 5.96. The normalized spacial score (nSPS) is 11.0. The summed E-state index contributed by atoms with van der Waals surface area (Å²) in [7, 11) is 0. The quantitative estimate of drug-likeness (QED) is 0.0831. The molecule has 0 spiro atoms. The highest BCUT2D eigenvalue weighted by Gasteiger charge is 2.20. The number of carbonyl (C=O) groups is 2. The van der Waals surface area contributed by atoms with Gasteiger partial charge in [-0.3, -0.25) is 18.3 Å². The van der Waals surface area contributed by atoms with Gasteiger partial charge in [0.25, 0.3) is 0 Å². The largest absolute Gasteiger partial charge is 0.478 e. The molecule has 2 aromatic heterocycles. The Labute approximate surface area is 404 Å². The number of unbranched alkanes of at least 4 members (excludes halogenated alkanes) is 2. The third-order valence-corrected chi connectivity index (χ3v) is 12.9. The van der Waals surface area contributed by atoms with E-state index in [0.29, 0.717) is 37.3 Å². The number of nitrogens with zero attached hydrogens (tertiary/aromatic N) is 4. The summed E-state index contributed by atoms with van der Waals surface area (Å²) in [6.07, 6.45) is 6.75. The molecule has 0 bridgehead atoms. The van der Waals surface area contributed by atoms with E-state index in [9.17, 15) is 29.4 Å². The first-order chi connectivity index (χ1) is 33.5. The van der Waals surface area contributed by atoms with Crippen molar-refractivity contribution < 1.29 is 19.8 Å². The van der Waals surface area contributed by atoms with E-state index in [0.717, 1.165) is 95.5 Å². The molecule has 0 saturated heterocycles. The molecule has 10 nitrogen and oxygen atoms in total. The first-order valence-corrected chi connectivity index (χ1v) is 24.0. The molecule has 0 saturated carbocycles. The van der Waals surface area contributed by atoms with Crippen LogP contribution in [0.1, 0.15) is 105 Å². The second-order valence-electron chi connectivity index (χ2n) is 17.6. The lowest BCUT2D eigenvalue weighted by molar-refractivity contribution is 0.0687. The molecule has 2 N–H and O–H groups in total. The smallest absolute Gasteiger partial charge is 0.336 e. The number of rotatable bonds is 19. The van der Waals surface area contributed by atoms with Gasteiger partial charge < -0.3 is 10.2 Å². The molecular formula is C59H62N4O6. The van der Waals surface area contributed by atoms with E-state index in [1.807, 2.05) is 147 Å². The van der Waals surface area contributed by atoms with Gasteiger partial charge in [0, 0.05) is 29.3 Å². The van der Waals surface area contributed by atoms with E-state index < -0.39 is 11.9 Å². The fourth-order valence-electron chi connectivity index (χ4n) is 9.05. The molecule has 8 aromatic rings. The van der Waals surface area contributed by atoms with E-state index in [1.165, 1.54) is 5.56 Å². The first-order valence-electron chi connectivity index (χ1n) is 24.0. The van der Waals surface area contributed by atoms with Gasteiger partial charge in [-0.25, -0.2) is 19.2 Å². The topological polar surface area (TPSA) is 128 Å². The Morgan fingerprint density at radius 1 is 0.420 bits per heavy atom. The Hall–Kier alpha value is -7.72. The third kappa shape index (κ3) is 11.9. The summed E-state index contributed by atoms with van der Waals surface area (Å²) in [5, 5.41) is 19.0. The zero-order chi connectivity index (χ0) is 48.9. The third-order valence-electron chi connectivity index (χ3n) is 12.9. The molecule has 6 aromatic carbocycles. The van der Waals surface area contributed by atoms with E-state index in [2.05, 4.69) is 32.9 Å². The zero-order valence-electron chi connectivity index (χ0n) is 40.1. The fraction of sp³-hybridized carbons (Fsp3) is 0.254. The number of hydrogen-bond donors (Lipinski definition) is 2. The SMILES string of the molecule is CCCCc1c(C)n(CCc2ccccc2)c(=O)n1Cc1ccc(-c2ccccc2C(=O)O)cc1.CCCCc1c(C)n(Cc2ccccc2)c(=O)n1Cc1ccc(-c2ccccc2C(=O)O)cc1. The van der Waals surface area contributed by atoms with Gasteiger partial charge in [-0.05, 0) is 103 Å². The second kappa shape index (κ2) is 23.3. The Balaban J connectivity index is 0.000000204. The lowest BCUT2D eigenvalue weighted by Gasteiger charge is -2.10. The molecule has 2 heterocycles. The number of benzene rings is 6. The molecule has 8 rings (SSSR count). The number of hydrogen-bond acceptors (Lipinski definition) is 4. The summed E-state index contributed by atoms with van der Waals surface area (Å²) in [6, 6.07) is 50.0. The van der Waals surface area contributed by atoms with Crippen molar-refractivity contribution in [3.63, 3.8) is 0 Å². The molecule has 354 valence electrons. The number of aryl methyl sites for hydroxylation is 1. The molecule has 0 aliphatic carbocycles. The molecule has 0 atom stereocenters. The van der Waals surface area contributed by atoms with Crippen LogP contribution >= 0.6 is 0 Å². The lowest BCUT2D eigenvalue weighted by atomic mass is 9.99. The van der Waals surface area contributed by atoms with Crippen LogP contribution in [0.25, 0.3) is 22.3 Å². The monoisotopic (exact) mass is 922 g/mol. The van der Waals surface area contributed by atoms with Crippen LogP contribution < -0.4 is 11.4 Å². The molecule has 0 aliphatic rings. The Bertz CT molecular complexity index is 3100. The summed E-state index contributed by atoms with van der Waals surface area (Å²) in [4.78, 5) is 50.1. The van der Waals surface area contributed by atoms with Gasteiger partial charge in [-0.1, -0.05) is 172 Å². The molecule has 69 heavy (non-hydrogen) atoms. The van der Waals surface area contributed by atoms with Gasteiger partial charge in [0.05, 0.1) is 30.8 Å².